The van der Waals surface area contributed by atoms with Gasteiger partial charge in [-0.3, -0.25) is 0 Å². The van der Waals surface area contributed by atoms with Crippen LogP contribution >= 0.6 is 0 Å². The van der Waals surface area contributed by atoms with Crippen LogP contribution in [-0.4, -0.2) is 43.0 Å². The molecule has 0 aromatic heterocycles. The summed E-state index contributed by atoms with van der Waals surface area (Å²) in [6.45, 7) is -0.640. The number of aliphatic carboxylic acids is 1. The number of carboxylic acids is 1. The third kappa shape index (κ3) is 5.13. The zero-order valence-electron chi connectivity index (χ0n) is 6.47. The third-order valence-corrected chi connectivity index (χ3v) is 2.15. The van der Waals surface area contributed by atoms with E-state index in [0.717, 1.165) is 0 Å². The van der Waals surface area contributed by atoms with Crippen molar-refractivity contribution in [2.24, 2.45) is 0 Å². The molecule has 0 amide bonds. The number of nitriles is 1. The molecule has 0 aromatic rings. The number of carboxylic acid groups (broad SMARTS) is 1. The van der Waals surface area contributed by atoms with Crippen molar-refractivity contribution in [2.75, 3.05) is 12.3 Å². The predicted molar refractivity (Wildman–Crippen MR) is 41.0 cm³/mol. The number of aliphatic hydroxyl groups excluding tert-OH is 1. The fourth-order valence-corrected chi connectivity index (χ4v) is 1.11. The van der Waals surface area contributed by atoms with E-state index in [1.807, 2.05) is 0 Å². The molecule has 1 atom stereocenters. The van der Waals surface area contributed by atoms with E-state index in [9.17, 15) is 13.2 Å². The van der Waals surface area contributed by atoms with Gasteiger partial charge in [0.1, 0.15) is 0 Å². The predicted octanol–water partition coefficient (Wildman–Crippen LogP) is -2.13. The average Bonchev–Trinajstić information content (AvgIpc) is 2.00. The maximum Gasteiger partial charge on any atom is 0.333 e. The normalized spacial score (nSPS) is 13.2. The highest BCUT2D eigenvalue weighted by Crippen LogP contribution is 1.85. The van der Waals surface area contributed by atoms with E-state index >= 15 is 0 Å². The third-order valence-electron chi connectivity index (χ3n) is 1.04. The molecule has 13 heavy (non-hydrogen) atoms. The zero-order valence-corrected chi connectivity index (χ0v) is 7.28. The molecule has 3 N–H and O–H groups in total. The first kappa shape index (κ1) is 11.8. The quantitative estimate of drug-likeness (QED) is 0.473. The van der Waals surface area contributed by atoms with Gasteiger partial charge in [0.05, 0.1) is 6.07 Å². The molecule has 0 radical (unpaired) electrons. The fraction of sp³-hybridized carbons (Fsp3) is 0.600. The molecule has 0 saturated carbocycles. The van der Waals surface area contributed by atoms with Gasteiger partial charge in [0, 0.05) is 6.54 Å². The van der Waals surface area contributed by atoms with Crippen LogP contribution in [-0.2, 0) is 14.8 Å². The van der Waals surface area contributed by atoms with Gasteiger partial charge in [-0.2, -0.15) is 5.26 Å². The molecule has 7 nitrogen and oxygen atoms in total. The second-order valence-electron chi connectivity index (χ2n) is 2.12. The lowest BCUT2D eigenvalue weighted by molar-refractivity contribution is -0.146. The number of sulfonamides is 1. The Labute approximate surface area is 74.7 Å². The summed E-state index contributed by atoms with van der Waals surface area (Å²) in [7, 11) is -3.79. The standard InChI is InChI=1S/C5H8N2O5S/c6-1-2-13(11,12)7-3-4(8)5(9)10/h4,7-8H,2-3H2,(H,9,10)/t4-/m0/s1. The SMILES string of the molecule is N#CCS(=O)(=O)NC[C@H](O)C(=O)O. The molecule has 0 aliphatic carbocycles. The highest BCUT2D eigenvalue weighted by atomic mass is 32.2. The number of hydrogen-bond donors (Lipinski definition) is 3. The topological polar surface area (TPSA) is 127 Å². The minimum atomic E-state index is -3.79. The van der Waals surface area contributed by atoms with Crippen LogP contribution in [0.5, 0.6) is 0 Å². The van der Waals surface area contributed by atoms with Crippen molar-refractivity contribution >= 4 is 16.0 Å². The Bertz CT molecular complexity index is 316. The summed E-state index contributed by atoms with van der Waals surface area (Å²) in [5.41, 5.74) is 0. The van der Waals surface area contributed by atoms with E-state index < -0.39 is 34.4 Å². The number of aliphatic hydroxyl groups is 1. The average molecular weight is 208 g/mol. The van der Waals surface area contributed by atoms with Crippen LogP contribution in [0.3, 0.4) is 0 Å². The molecule has 0 spiro atoms. The highest BCUT2D eigenvalue weighted by molar-refractivity contribution is 7.89. The van der Waals surface area contributed by atoms with Gasteiger partial charge in [-0.05, 0) is 0 Å². The van der Waals surface area contributed by atoms with Crippen LogP contribution in [0, 0.1) is 11.3 Å². The molecule has 0 aliphatic heterocycles. The molecule has 0 saturated heterocycles. The van der Waals surface area contributed by atoms with Crippen LogP contribution in [0.2, 0.25) is 0 Å². The van der Waals surface area contributed by atoms with E-state index in [-0.39, 0.29) is 0 Å². The van der Waals surface area contributed by atoms with Crippen molar-refractivity contribution in [3.63, 3.8) is 0 Å². The Kier molecular flexibility index (Phi) is 4.33. The van der Waals surface area contributed by atoms with Gasteiger partial charge in [0.2, 0.25) is 10.0 Å². The Hall–Kier alpha value is -1.17. The number of nitrogens with zero attached hydrogens (tertiary/aromatic N) is 1. The number of rotatable bonds is 5. The smallest absolute Gasteiger partial charge is 0.333 e. The minimum Gasteiger partial charge on any atom is -0.479 e. The van der Waals surface area contributed by atoms with Gasteiger partial charge in [0.25, 0.3) is 0 Å². The maximum atomic E-state index is 10.7. The molecule has 8 heteroatoms. The molecule has 74 valence electrons. The summed E-state index contributed by atoms with van der Waals surface area (Å²) in [4.78, 5) is 10.0. The molecule has 0 fully saturated rings. The van der Waals surface area contributed by atoms with Crippen molar-refractivity contribution in [2.45, 2.75) is 6.10 Å². The lowest BCUT2D eigenvalue weighted by Crippen LogP contribution is -2.37. The zero-order chi connectivity index (χ0) is 10.5. The Balaban J connectivity index is 4.04. The van der Waals surface area contributed by atoms with Crippen molar-refractivity contribution in [3.05, 3.63) is 0 Å². The monoisotopic (exact) mass is 208 g/mol. The van der Waals surface area contributed by atoms with E-state index in [4.69, 9.17) is 15.5 Å². The second-order valence-corrected chi connectivity index (χ2v) is 3.93. The molecule has 0 unspecified atom stereocenters. The van der Waals surface area contributed by atoms with Crippen LogP contribution in [0.25, 0.3) is 0 Å². The van der Waals surface area contributed by atoms with E-state index in [1.54, 1.807) is 4.72 Å². The molecule has 0 aliphatic rings. The summed E-state index contributed by atoms with van der Waals surface area (Å²) in [5, 5.41) is 24.8. The summed E-state index contributed by atoms with van der Waals surface area (Å²) in [6, 6.07) is 1.38. The first-order valence-corrected chi connectivity index (χ1v) is 4.79. The lowest BCUT2D eigenvalue weighted by Gasteiger charge is -2.05. The van der Waals surface area contributed by atoms with Crippen LogP contribution in [0.1, 0.15) is 0 Å². The molecule has 0 heterocycles. The van der Waals surface area contributed by atoms with Crippen LogP contribution < -0.4 is 4.72 Å². The van der Waals surface area contributed by atoms with Crippen molar-refractivity contribution in [1.82, 2.24) is 4.72 Å². The van der Waals surface area contributed by atoms with E-state index in [0.29, 0.717) is 0 Å². The van der Waals surface area contributed by atoms with Gasteiger partial charge in [-0.1, -0.05) is 0 Å². The van der Waals surface area contributed by atoms with Crippen LogP contribution in [0.15, 0.2) is 0 Å². The van der Waals surface area contributed by atoms with Crippen molar-refractivity contribution in [1.29, 1.82) is 5.26 Å². The molecular weight excluding hydrogens is 200 g/mol. The lowest BCUT2D eigenvalue weighted by atomic mass is 10.4. The van der Waals surface area contributed by atoms with Crippen LogP contribution in [0.4, 0.5) is 0 Å². The summed E-state index contributed by atoms with van der Waals surface area (Å²) in [5.74, 6) is -2.29. The van der Waals surface area contributed by atoms with Crippen molar-refractivity contribution < 1.29 is 23.4 Å². The highest BCUT2D eigenvalue weighted by Gasteiger charge is 2.16. The first-order chi connectivity index (χ1) is 5.89. The van der Waals surface area contributed by atoms with Gasteiger partial charge >= 0.3 is 5.97 Å². The fourth-order valence-electron chi connectivity index (χ4n) is 0.429. The Morgan fingerprint density at radius 3 is 2.54 bits per heavy atom. The molecule has 0 bridgehead atoms. The molecule has 0 aromatic carbocycles. The molecular formula is C5H8N2O5S. The summed E-state index contributed by atoms with van der Waals surface area (Å²) < 4.78 is 23.2. The maximum absolute atomic E-state index is 10.7. The Morgan fingerprint density at radius 2 is 2.15 bits per heavy atom. The Morgan fingerprint density at radius 1 is 1.62 bits per heavy atom. The van der Waals surface area contributed by atoms with Crippen molar-refractivity contribution in [3.8, 4) is 6.07 Å². The van der Waals surface area contributed by atoms with Gasteiger partial charge in [-0.15, -0.1) is 0 Å². The van der Waals surface area contributed by atoms with E-state index in [1.165, 1.54) is 6.07 Å². The number of nitrogens with one attached hydrogen (secondary N) is 1. The number of carbonyl (C=O) groups is 1. The molecule has 0 rings (SSSR count). The largest absolute Gasteiger partial charge is 0.479 e. The van der Waals surface area contributed by atoms with Gasteiger partial charge in [0.15, 0.2) is 11.9 Å². The first-order valence-electron chi connectivity index (χ1n) is 3.14. The van der Waals surface area contributed by atoms with Gasteiger partial charge in [-0.25, -0.2) is 17.9 Å². The van der Waals surface area contributed by atoms with E-state index in [2.05, 4.69) is 0 Å². The number of hydrogen-bond acceptors (Lipinski definition) is 5. The minimum absolute atomic E-state index is 0.640. The van der Waals surface area contributed by atoms with Gasteiger partial charge < -0.3 is 10.2 Å². The summed E-state index contributed by atoms with van der Waals surface area (Å²) in [6.07, 6.45) is -1.80. The second kappa shape index (κ2) is 4.76. The summed E-state index contributed by atoms with van der Waals surface area (Å²) >= 11 is 0.